The summed E-state index contributed by atoms with van der Waals surface area (Å²) in [4.78, 5) is 27.2. The van der Waals surface area contributed by atoms with E-state index >= 15 is 0 Å². The second-order valence-electron chi connectivity index (χ2n) is 3.84. The zero-order valence-electron chi connectivity index (χ0n) is 10.4. The standard InChI is InChI=1S/C12H12BrN5O2/c13-8-1-2-9(16-7-8)11(19)14-5-6-15-12(20)10-3-4-17-18-10/h1-4,7H,5-6H2,(H,14,19)(H,15,20)(H,17,18). The third-order valence-electron chi connectivity index (χ3n) is 2.40. The highest BCUT2D eigenvalue weighted by Crippen LogP contribution is 2.06. The molecule has 0 bridgehead atoms. The van der Waals surface area contributed by atoms with E-state index in [1.165, 1.54) is 6.20 Å². The molecule has 2 rings (SSSR count). The number of aromatic amines is 1. The van der Waals surface area contributed by atoms with Crippen LogP contribution < -0.4 is 10.6 Å². The van der Waals surface area contributed by atoms with Gasteiger partial charge in [0.25, 0.3) is 11.8 Å². The Hall–Kier alpha value is -2.22. The van der Waals surface area contributed by atoms with Gasteiger partial charge in [-0.25, -0.2) is 4.98 Å². The average molecular weight is 338 g/mol. The van der Waals surface area contributed by atoms with Crippen molar-refractivity contribution in [2.45, 2.75) is 0 Å². The molecule has 0 unspecified atom stereocenters. The first-order chi connectivity index (χ1) is 9.66. The van der Waals surface area contributed by atoms with Crippen LogP contribution in [0.4, 0.5) is 0 Å². The van der Waals surface area contributed by atoms with E-state index in [1.54, 1.807) is 24.4 Å². The lowest BCUT2D eigenvalue weighted by atomic mass is 10.3. The summed E-state index contributed by atoms with van der Waals surface area (Å²) >= 11 is 3.24. The van der Waals surface area contributed by atoms with E-state index in [2.05, 4.69) is 41.7 Å². The van der Waals surface area contributed by atoms with Crippen LogP contribution in [0.15, 0.2) is 35.1 Å². The van der Waals surface area contributed by atoms with E-state index in [1.807, 2.05) is 0 Å². The van der Waals surface area contributed by atoms with Gasteiger partial charge in [-0.05, 0) is 34.1 Å². The highest BCUT2D eigenvalue weighted by molar-refractivity contribution is 9.10. The summed E-state index contributed by atoms with van der Waals surface area (Å²) in [5, 5.41) is 11.5. The number of hydrogen-bond donors (Lipinski definition) is 3. The lowest BCUT2D eigenvalue weighted by molar-refractivity contribution is 0.0922. The first-order valence-corrected chi connectivity index (χ1v) is 6.63. The maximum absolute atomic E-state index is 11.7. The first kappa shape index (κ1) is 14.2. The Kier molecular flexibility index (Phi) is 4.83. The highest BCUT2D eigenvalue weighted by Gasteiger charge is 2.07. The Labute approximate surface area is 123 Å². The fourth-order valence-electron chi connectivity index (χ4n) is 1.43. The van der Waals surface area contributed by atoms with Gasteiger partial charge in [-0.3, -0.25) is 14.7 Å². The number of H-pyrrole nitrogens is 1. The van der Waals surface area contributed by atoms with E-state index < -0.39 is 0 Å². The number of hydrogen-bond acceptors (Lipinski definition) is 4. The van der Waals surface area contributed by atoms with Crippen molar-refractivity contribution in [2.75, 3.05) is 13.1 Å². The number of nitrogens with one attached hydrogen (secondary N) is 3. The molecular weight excluding hydrogens is 326 g/mol. The summed E-state index contributed by atoms with van der Waals surface area (Å²) in [7, 11) is 0. The number of carbonyl (C=O) groups excluding carboxylic acids is 2. The molecule has 0 aliphatic carbocycles. The van der Waals surface area contributed by atoms with Crippen molar-refractivity contribution in [3.8, 4) is 0 Å². The van der Waals surface area contributed by atoms with Crippen LogP contribution in [-0.2, 0) is 0 Å². The molecule has 0 aliphatic heterocycles. The fraction of sp³-hybridized carbons (Fsp3) is 0.167. The fourth-order valence-corrected chi connectivity index (χ4v) is 1.66. The molecule has 104 valence electrons. The van der Waals surface area contributed by atoms with Gasteiger partial charge in [0.2, 0.25) is 0 Å². The molecule has 0 aliphatic rings. The minimum atomic E-state index is -0.284. The summed E-state index contributed by atoms with van der Waals surface area (Å²) < 4.78 is 0.806. The number of rotatable bonds is 5. The molecule has 7 nitrogen and oxygen atoms in total. The SMILES string of the molecule is O=C(NCCNC(=O)c1ccn[nH]1)c1ccc(Br)cn1. The molecule has 8 heteroatoms. The average Bonchev–Trinajstić information content (AvgIpc) is 2.98. The molecule has 3 N–H and O–H groups in total. The van der Waals surface area contributed by atoms with E-state index in [-0.39, 0.29) is 11.8 Å². The summed E-state index contributed by atoms with van der Waals surface area (Å²) in [5.41, 5.74) is 0.707. The molecule has 2 aromatic rings. The van der Waals surface area contributed by atoms with E-state index in [0.29, 0.717) is 24.5 Å². The predicted molar refractivity (Wildman–Crippen MR) is 75.2 cm³/mol. The van der Waals surface area contributed by atoms with E-state index in [4.69, 9.17) is 0 Å². The Balaban J connectivity index is 1.72. The van der Waals surface area contributed by atoms with Gasteiger partial charge in [0, 0.05) is 30.0 Å². The summed E-state index contributed by atoms with van der Waals surface area (Å²) in [5.74, 6) is -0.549. The summed E-state index contributed by atoms with van der Waals surface area (Å²) in [6.07, 6.45) is 3.05. The topological polar surface area (TPSA) is 99.8 Å². The van der Waals surface area contributed by atoms with Crippen LogP contribution in [0.25, 0.3) is 0 Å². The van der Waals surface area contributed by atoms with Crippen molar-refractivity contribution in [1.82, 2.24) is 25.8 Å². The van der Waals surface area contributed by atoms with Crippen LogP contribution in [0.2, 0.25) is 0 Å². The van der Waals surface area contributed by atoms with Crippen molar-refractivity contribution >= 4 is 27.7 Å². The van der Waals surface area contributed by atoms with E-state index in [9.17, 15) is 9.59 Å². The molecule has 0 saturated carbocycles. The molecule has 2 heterocycles. The third-order valence-corrected chi connectivity index (χ3v) is 2.87. The smallest absolute Gasteiger partial charge is 0.269 e. The van der Waals surface area contributed by atoms with Gasteiger partial charge in [-0.1, -0.05) is 0 Å². The zero-order chi connectivity index (χ0) is 14.4. The maximum Gasteiger partial charge on any atom is 0.269 e. The van der Waals surface area contributed by atoms with Crippen LogP contribution in [0.1, 0.15) is 21.0 Å². The van der Waals surface area contributed by atoms with Gasteiger partial charge in [-0.2, -0.15) is 5.10 Å². The molecule has 0 spiro atoms. The first-order valence-electron chi connectivity index (χ1n) is 5.84. The van der Waals surface area contributed by atoms with Crippen molar-refractivity contribution in [3.05, 3.63) is 46.5 Å². The Morgan fingerprint density at radius 1 is 1.15 bits per heavy atom. The quantitative estimate of drug-likeness (QED) is 0.700. The number of amides is 2. The molecule has 2 aromatic heterocycles. The lowest BCUT2D eigenvalue weighted by Gasteiger charge is -2.06. The molecule has 0 radical (unpaired) electrons. The Bertz CT molecular complexity index is 582. The van der Waals surface area contributed by atoms with Crippen LogP contribution in [0, 0.1) is 0 Å². The zero-order valence-corrected chi connectivity index (χ0v) is 12.0. The molecular formula is C12H12BrN5O2. The van der Waals surface area contributed by atoms with Crippen molar-refractivity contribution in [1.29, 1.82) is 0 Å². The molecule has 20 heavy (non-hydrogen) atoms. The van der Waals surface area contributed by atoms with Gasteiger partial charge < -0.3 is 10.6 Å². The van der Waals surface area contributed by atoms with Gasteiger partial charge in [0.15, 0.2) is 0 Å². The molecule has 0 atom stereocenters. The summed E-state index contributed by atoms with van der Waals surface area (Å²) in [6, 6.07) is 4.92. The minimum Gasteiger partial charge on any atom is -0.349 e. The Morgan fingerprint density at radius 2 is 1.90 bits per heavy atom. The minimum absolute atomic E-state index is 0.265. The third kappa shape index (κ3) is 3.89. The van der Waals surface area contributed by atoms with Crippen molar-refractivity contribution < 1.29 is 9.59 Å². The number of pyridine rings is 1. The predicted octanol–water partition coefficient (Wildman–Crippen LogP) is 0.727. The number of carbonyl (C=O) groups is 2. The van der Waals surface area contributed by atoms with E-state index in [0.717, 1.165) is 4.47 Å². The van der Waals surface area contributed by atoms with Gasteiger partial charge in [-0.15, -0.1) is 0 Å². The number of nitrogens with zero attached hydrogens (tertiary/aromatic N) is 2. The highest BCUT2D eigenvalue weighted by atomic mass is 79.9. The van der Waals surface area contributed by atoms with Gasteiger partial charge in [0.1, 0.15) is 11.4 Å². The van der Waals surface area contributed by atoms with Crippen LogP contribution in [0.3, 0.4) is 0 Å². The van der Waals surface area contributed by atoms with Crippen molar-refractivity contribution in [2.24, 2.45) is 0 Å². The molecule has 0 saturated heterocycles. The number of halogens is 1. The van der Waals surface area contributed by atoms with Crippen LogP contribution in [0.5, 0.6) is 0 Å². The molecule has 2 amide bonds. The van der Waals surface area contributed by atoms with Gasteiger partial charge in [0.05, 0.1) is 0 Å². The van der Waals surface area contributed by atoms with Crippen LogP contribution in [-0.4, -0.2) is 40.1 Å². The molecule has 0 fully saturated rings. The largest absolute Gasteiger partial charge is 0.349 e. The maximum atomic E-state index is 11.7. The monoisotopic (exact) mass is 337 g/mol. The van der Waals surface area contributed by atoms with Crippen molar-refractivity contribution in [3.63, 3.8) is 0 Å². The second-order valence-corrected chi connectivity index (χ2v) is 4.76. The Morgan fingerprint density at radius 3 is 2.50 bits per heavy atom. The number of aromatic nitrogens is 3. The van der Waals surface area contributed by atoms with Crippen LogP contribution >= 0.6 is 15.9 Å². The lowest BCUT2D eigenvalue weighted by Crippen LogP contribution is -2.35. The normalized spacial score (nSPS) is 10.1. The molecule has 0 aromatic carbocycles. The second kappa shape index (κ2) is 6.80. The van der Waals surface area contributed by atoms with Gasteiger partial charge >= 0.3 is 0 Å². The summed E-state index contributed by atoms with van der Waals surface area (Å²) in [6.45, 7) is 0.635.